The van der Waals surface area contributed by atoms with Crippen molar-refractivity contribution in [3.63, 3.8) is 0 Å². The molecule has 0 bridgehead atoms. The molecule has 25 heavy (non-hydrogen) atoms. The minimum absolute atomic E-state index is 0.161. The van der Waals surface area contributed by atoms with Crippen LogP contribution in [0.2, 0.25) is 5.02 Å². The molecule has 0 aliphatic carbocycles. The summed E-state index contributed by atoms with van der Waals surface area (Å²) in [5.41, 5.74) is 3.30. The van der Waals surface area contributed by atoms with E-state index >= 15 is 0 Å². The van der Waals surface area contributed by atoms with Gasteiger partial charge < -0.3 is 10.1 Å². The van der Waals surface area contributed by atoms with Gasteiger partial charge in [0.05, 0.1) is 39.6 Å². The van der Waals surface area contributed by atoms with Gasteiger partial charge in [0.1, 0.15) is 5.82 Å². The predicted molar refractivity (Wildman–Crippen MR) is 107 cm³/mol. The van der Waals surface area contributed by atoms with E-state index in [2.05, 4.69) is 49.3 Å². The van der Waals surface area contributed by atoms with Gasteiger partial charge in [-0.15, -0.1) is 0 Å². The molecule has 0 radical (unpaired) electrons. The lowest BCUT2D eigenvalue weighted by molar-refractivity contribution is 0.00893. The van der Waals surface area contributed by atoms with Crippen LogP contribution < -0.4 is 10.8 Å². The molecule has 0 atom stereocenters. The van der Waals surface area contributed by atoms with Crippen molar-refractivity contribution < 1.29 is 18.8 Å². The summed E-state index contributed by atoms with van der Waals surface area (Å²) < 4.78 is 19.9. The van der Waals surface area contributed by atoms with Crippen LogP contribution >= 0.6 is 50.1 Å². The van der Waals surface area contributed by atoms with Crippen LogP contribution in [-0.4, -0.2) is 26.2 Å². The molecule has 0 aromatic heterocycles. The van der Waals surface area contributed by atoms with Crippen LogP contribution in [-0.2, 0) is 9.57 Å². The van der Waals surface area contributed by atoms with E-state index in [0.29, 0.717) is 17.3 Å². The lowest BCUT2D eigenvalue weighted by atomic mass is 10.1. The zero-order valence-electron chi connectivity index (χ0n) is 13.0. The third-order valence-corrected chi connectivity index (χ3v) is 4.65. The molecule has 5 nitrogen and oxygen atoms in total. The number of anilines is 2. The van der Waals surface area contributed by atoms with Crippen molar-refractivity contribution in [1.82, 2.24) is 5.48 Å². The molecule has 2 aromatic carbocycles. The highest BCUT2D eigenvalue weighted by atomic mass is 127. The van der Waals surface area contributed by atoms with E-state index in [4.69, 9.17) is 21.2 Å². The molecule has 2 N–H and O–H groups in total. The Morgan fingerprint density at radius 1 is 1.28 bits per heavy atom. The van der Waals surface area contributed by atoms with E-state index in [9.17, 15) is 9.18 Å². The first-order chi connectivity index (χ1) is 11.9. The van der Waals surface area contributed by atoms with Crippen LogP contribution in [0.3, 0.4) is 0 Å². The number of amides is 1. The van der Waals surface area contributed by atoms with E-state index in [1.54, 1.807) is 12.1 Å². The van der Waals surface area contributed by atoms with Gasteiger partial charge in [0.15, 0.2) is 0 Å². The Morgan fingerprint density at radius 3 is 2.72 bits per heavy atom. The standard InChI is InChI=1S/C16H14BrClFIN2O3/c1-24-4-5-25-22-16(23)10-7-11(17)13(19)8-15(10)21-14-3-2-9(20)6-12(14)18/h2-3,6-8,21H,4-5H2,1H3,(H,22,23). The normalized spacial score (nSPS) is 10.6. The predicted octanol–water partition coefficient (Wildman–Crippen LogP) is 4.90. The molecular weight excluding hydrogens is 529 g/mol. The van der Waals surface area contributed by atoms with Gasteiger partial charge in [-0.25, -0.2) is 9.87 Å². The summed E-state index contributed by atoms with van der Waals surface area (Å²) in [7, 11) is 1.52. The molecule has 0 heterocycles. The second kappa shape index (κ2) is 9.67. The van der Waals surface area contributed by atoms with Gasteiger partial charge in [-0.3, -0.25) is 9.63 Å². The van der Waals surface area contributed by atoms with E-state index in [-0.39, 0.29) is 22.3 Å². The average Bonchev–Trinajstić information content (AvgIpc) is 2.57. The summed E-state index contributed by atoms with van der Waals surface area (Å²) in [6, 6.07) is 7.93. The quantitative estimate of drug-likeness (QED) is 0.297. The first-order valence-corrected chi connectivity index (χ1v) is 9.29. The molecule has 2 rings (SSSR count). The van der Waals surface area contributed by atoms with Gasteiger partial charge in [0.2, 0.25) is 0 Å². The van der Waals surface area contributed by atoms with Crippen molar-refractivity contribution in [3.05, 3.63) is 54.8 Å². The van der Waals surface area contributed by atoms with Crippen molar-refractivity contribution in [2.75, 3.05) is 25.6 Å². The Labute approximate surface area is 171 Å². The Balaban J connectivity index is 2.26. The van der Waals surface area contributed by atoms with E-state index in [0.717, 1.165) is 3.57 Å². The molecule has 134 valence electrons. The minimum atomic E-state index is -0.527. The smallest absolute Gasteiger partial charge is 0.276 e. The molecule has 9 heteroatoms. The van der Waals surface area contributed by atoms with E-state index in [1.165, 1.54) is 19.2 Å². The Kier molecular flexibility index (Phi) is 7.88. The third-order valence-electron chi connectivity index (χ3n) is 3.06. The first-order valence-electron chi connectivity index (χ1n) is 7.04. The summed E-state index contributed by atoms with van der Waals surface area (Å²) in [5, 5.41) is 3.44. The number of hydrogen-bond donors (Lipinski definition) is 2. The topological polar surface area (TPSA) is 59.6 Å². The number of halogens is 4. The number of carbonyl (C=O) groups is 1. The summed E-state index contributed by atoms with van der Waals surface area (Å²) in [5.74, 6) is -1.04. The van der Waals surface area contributed by atoms with Gasteiger partial charge in [-0.1, -0.05) is 11.6 Å². The lowest BCUT2D eigenvalue weighted by Crippen LogP contribution is -2.26. The van der Waals surface area contributed by atoms with Crippen molar-refractivity contribution in [1.29, 1.82) is 0 Å². The highest BCUT2D eigenvalue weighted by Gasteiger charge is 2.16. The number of nitrogens with one attached hydrogen (secondary N) is 2. The first kappa shape index (κ1) is 20.4. The number of ether oxygens (including phenoxy) is 1. The number of rotatable bonds is 7. The zero-order chi connectivity index (χ0) is 18.4. The highest BCUT2D eigenvalue weighted by Crippen LogP contribution is 2.31. The minimum Gasteiger partial charge on any atom is -0.382 e. The molecule has 2 aromatic rings. The maximum absolute atomic E-state index is 13.9. The van der Waals surface area contributed by atoms with Crippen molar-refractivity contribution >= 4 is 67.4 Å². The van der Waals surface area contributed by atoms with E-state index in [1.807, 2.05) is 6.07 Å². The van der Waals surface area contributed by atoms with Gasteiger partial charge in [0.25, 0.3) is 5.91 Å². The van der Waals surface area contributed by atoms with E-state index < -0.39 is 11.7 Å². The van der Waals surface area contributed by atoms with Crippen LogP contribution in [0.25, 0.3) is 0 Å². The number of hydroxylamine groups is 1. The van der Waals surface area contributed by atoms with Crippen LogP contribution in [0.15, 0.2) is 34.8 Å². The highest BCUT2D eigenvalue weighted by molar-refractivity contribution is 14.1. The second-order valence-electron chi connectivity index (χ2n) is 4.83. The second-order valence-corrected chi connectivity index (χ2v) is 7.34. The SMILES string of the molecule is COCCONC(=O)c1cc(Br)c(F)cc1Nc1ccc(I)cc1Cl. The van der Waals surface area contributed by atoms with Crippen molar-refractivity contribution in [2.24, 2.45) is 0 Å². The van der Waals surface area contributed by atoms with Gasteiger partial charge in [0, 0.05) is 10.7 Å². The summed E-state index contributed by atoms with van der Waals surface area (Å²) in [6.07, 6.45) is 0. The van der Waals surface area contributed by atoms with Crippen LogP contribution in [0.4, 0.5) is 15.8 Å². The number of benzene rings is 2. The zero-order valence-corrected chi connectivity index (χ0v) is 17.5. The molecule has 0 fully saturated rings. The summed E-state index contributed by atoms with van der Waals surface area (Å²) in [4.78, 5) is 17.3. The summed E-state index contributed by atoms with van der Waals surface area (Å²) >= 11 is 11.4. The fourth-order valence-electron chi connectivity index (χ4n) is 1.87. The Hall–Kier alpha value is -0.940. The number of hydrogen-bond acceptors (Lipinski definition) is 4. The third kappa shape index (κ3) is 5.78. The molecule has 0 spiro atoms. The Morgan fingerprint density at radius 2 is 2.04 bits per heavy atom. The van der Waals surface area contributed by atoms with Crippen LogP contribution in [0, 0.1) is 9.39 Å². The molecule has 1 amide bonds. The molecule has 0 aliphatic heterocycles. The Bertz CT molecular complexity index is 779. The fourth-order valence-corrected chi connectivity index (χ4v) is 3.12. The number of carbonyl (C=O) groups excluding carboxylic acids is 1. The monoisotopic (exact) mass is 542 g/mol. The summed E-state index contributed by atoms with van der Waals surface area (Å²) in [6.45, 7) is 0.521. The molecular formula is C16H14BrClFIN2O3. The fraction of sp³-hybridized carbons (Fsp3) is 0.188. The van der Waals surface area contributed by atoms with Gasteiger partial charge in [-0.2, -0.15) is 0 Å². The van der Waals surface area contributed by atoms with Gasteiger partial charge >= 0.3 is 0 Å². The van der Waals surface area contributed by atoms with Crippen LogP contribution in [0.1, 0.15) is 10.4 Å². The van der Waals surface area contributed by atoms with Crippen molar-refractivity contribution in [2.45, 2.75) is 0 Å². The van der Waals surface area contributed by atoms with Gasteiger partial charge in [-0.05, 0) is 68.9 Å². The average molecular weight is 544 g/mol. The van der Waals surface area contributed by atoms with Crippen molar-refractivity contribution in [3.8, 4) is 0 Å². The largest absolute Gasteiger partial charge is 0.382 e. The molecule has 0 aliphatic rings. The maximum Gasteiger partial charge on any atom is 0.276 e. The molecule has 0 saturated heterocycles. The molecule has 0 unspecified atom stereocenters. The lowest BCUT2D eigenvalue weighted by Gasteiger charge is -2.14. The number of methoxy groups -OCH3 is 1. The maximum atomic E-state index is 13.9. The molecule has 0 saturated carbocycles. The van der Waals surface area contributed by atoms with Crippen LogP contribution in [0.5, 0.6) is 0 Å².